The number of aryl methyl sites for hydroxylation is 2. The highest BCUT2D eigenvalue weighted by atomic mass is 15.1. The quantitative estimate of drug-likeness (QED) is 0.127. The summed E-state index contributed by atoms with van der Waals surface area (Å²) in [4.78, 5) is 2.42. The molecule has 0 aromatic heterocycles. The predicted molar refractivity (Wildman–Crippen MR) is 252 cm³/mol. The summed E-state index contributed by atoms with van der Waals surface area (Å²) < 4.78 is 0. The molecule has 0 saturated carbocycles. The first-order valence-corrected chi connectivity index (χ1v) is 20.8. The monoisotopic (exact) mass is 757 g/mol. The van der Waals surface area contributed by atoms with Crippen molar-refractivity contribution < 1.29 is 0 Å². The maximum atomic E-state index is 2.42. The van der Waals surface area contributed by atoms with Crippen LogP contribution in [0.15, 0.2) is 224 Å². The minimum Gasteiger partial charge on any atom is -0.310 e. The molecular weight excluding hydrogens is 711 g/mol. The molecule has 0 aliphatic rings. The number of benzene rings is 9. The molecule has 0 unspecified atom stereocenters. The SMILES string of the molecule is CCc1ccccc1-c1ccc(N(c2ccc(-c3ccccc3)cc2)c2cccc(-c3cccc(-c4ccccc4)c3-c3ccccc3-c3ccccc3)c2)cc1CC. The van der Waals surface area contributed by atoms with E-state index in [2.05, 4.69) is 243 Å². The molecule has 0 fully saturated rings. The van der Waals surface area contributed by atoms with Gasteiger partial charge in [-0.25, -0.2) is 0 Å². The molecule has 9 aromatic rings. The van der Waals surface area contributed by atoms with E-state index in [0.717, 1.165) is 35.5 Å². The van der Waals surface area contributed by atoms with Crippen LogP contribution in [-0.4, -0.2) is 0 Å². The molecule has 0 saturated heterocycles. The molecule has 0 bridgehead atoms. The molecule has 0 spiro atoms. The third-order valence-electron chi connectivity index (χ3n) is 11.5. The first-order valence-electron chi connectivity index (χ1n) is 20.8. The van der Waals surface area contributed by atoms with Gasteiger partial charge in [0, 0.05) is 17.1 Å². The van der Waals surface area contributed by atoms with Gasteiger partial charge in [-0.15, -0.1) is 0 Å². The third kappa shape index (κ3) is 7.64. The van der Waals surface area contributed by atoms with Crippen LogP contribution in [0.4, 0.5) is 17.1 Å². The van der Waals surface area contributed by atoms with E-state index < -0.39 is 0 Å². The van der Waals surface area contributed by atoms with Crippen molar-refractivity contribution in [1.29, 1.82) is 0 Å². The first kappa shape index (κ1) is 37.4. The van der Waals surface area contributed by atoms with Gasteiger partial charge < -0.3 is 4.90 Å². The van der Waals surface area contributed by atoms with Crippen LogP contribution >= 0.6 is 0 Å². The van der Waals surface area contributed by atoms with Crippen molar-refractivity contribution in [3.63, 3.8) is 0 Å². The van der Waals surface area contributed by atoms with E-state index in [1.54, 1.807) is 0 Å². The molecule has 1 nitrogen and oxygen atoms in total. The van der Waals surface area contributed by atoms with Gasteiger partial charge in [0.15, 0.2) is 0 Å². The van der Waals surface area contributed by atoms with Crippen molar-refractivity contribution >= 4 is 17.1 Å². The van der Waals surface area contributed by atoms with Gasteiger partial charge >= 0.3 is 0 Å². The van der Waals surface area contributed by atoms with E-state index in [1.807, 2.05) is 0 Å². The predicted octanol–water partition coefficient (Wildman–Crippen LogP) is 16.3. The molecule has 0 aliphatic heterocycles. The van der Waals surface area contributed by atoms with Crippen LogP contribution in [0.25, 0.3) is 66.8 Å². The Balaban J connectivity index is 1.23. The summed E-state index contributed by atoms with van der Waals surface area (Å²) in [5.74, 6) is 0. The Morgan fingerprint density at radius 3 is 1.37 bits per heavy atom. The summed E-state index contributed by atoms with van der Waals surface area (Å²) in [5, 5.41) is 0. The molecule has 0 radical (unpaired) electrons. The normalized spacial score (nSPS) is 11.0. The Morgan fingerprint density at radius 1 is 0.271 bits per heavy atom. The molecule has 0 aliphatic carbocycles. The van der Waals surface area contributed by atoms with Crippen molar-refractivity contribution in [2.75, 3.05) is 4.90 Å². The van der Waals surface area contributed by atoms with Crippen molar-refractivity contribution in [2.24, 2.45) is 0 Å². The standard InChI is InChI=1S/C58H47N/c1-3-42-20-14-15-29-52(42)54-39-38-51(40-43(54)4-2)59(49-36-34-45(35-37-49)44-21-8-5-9-22-44)50-28-18-27-48(41-50)56-33-19-32-55(47-25-12-7-13-26-47)58(56)57-31-17-16-30-53(57)46-23-10-6-11-24-46/h5-41H,3-4H2,1-2H3. The van der Waals surface area contributed by atoms with Crippen LogP contribution in [-0.2, 0) is 12.8 Å². The Morgan fingerprint density at radius 2 is 0.712 bits per heavy atom. The van der Waals surface area contributed by atoms with Crippen molar-refractivity contribution in [3.05, 3.63) is 236 Å². The Bertz CT molecular complexity index is 2820. The number of anilines is 3. The Labute approximate surface area is 349 Å². The lowest BCUT2D eigenvalue weighted by atomic mass is 9.84. The Kier molecular flexibility index (Phi) is 10.8. The van der Waals surface area contributed by atoms with Crippen LogP contribution in [0.2, 0.25) is 0 Å². The molecular formula is C58H47N. The summed E-state index contributed by atoms with van der Waals surface area (Å²) in [7, 11) is 0. The fourth-order valence-corrected chi connectivity index (χ4v) is 8.57. The van der Waals surface area contributed by atoms with Gasteiger partial charge in [-0.05, 0) is 127 Å². The lowest BCUT2D eigenvalue weighted by molar-refractivity contribution is 1.11. The number of rotatable bonds is 11. The van der Waals surface area contributed by atoms with Crippen LogP contribution < -0.4 is 4.90 Å². The molecule has 9 rings (SSSR count). The molecule has 1 heteroatoms. The lowest BCUT2D eigenvalue weighted by Crippen LogP contribution is -2.11. The zero-order valence-corrected chi connectivity index (χ0v) is 33.7. The van der Waals surface area contributed by atoms with E-state index in [-0.39, 0.29) is 0 Å². The summed E-state index contributed by atoms with van der Waals surface area (Å²) in [6.45, 7) is 4.51. The van der Waals surface area contributed by atoms with Gasteiger partial charge in [-0.1, -0.05) is 202 Å². The van der Waals surface area contributed by atoms with Crippen LogP contribution in [0.3, 0.4) is 0 Å². The van der Waals surface area contributed by atoms with Gasteiger partial charge in [0.2, 0.25) is 0 Å². The topological polar surface area (TPSA) is 3.24 Å². The second-order valence-corrected chi connectivity index (χ2v) is 15.0. The van der Waals surface area contributed by atoms with Gasteiger partial charge in [-0.3, -0.25) is 0 Å². The van der Waals surface area contributed by atoms with E-state index >= 15 is 0 Å². The van der Waals surface area contributed by atoms with E-state index in [1.165, 1.54) is 72.3 Å². The second-order valence-electron chi connectivity index (χ2n) is 15.0. The average molecular weight is 758 g/mol. The molecule has 59 heavy (non-hydrogen) atoms. The maximum absolute atomic E-state index is 2.42. The van der Waals surface area contributed by atoms with Crippen LogP contribution in [0.5, 0.6) is 0 Å². The third-order valence-corrected chi connectivity index (χ3v) is 11.5. The molecule has 0 N–H and O–H groups in total. The summed E-state index contributed by atoms with van der Waals surface area (Å²) in [5.41, 5.74) is 20.7. The smallest absolute Gasteiger partial charge is 0.0467 e. The zero-order chi connectivity index (χ0) is 40.0. The summed E-state index contributed by atoms with van der Waals surface area (Å²) in [6.07, 6.45) is 1.93. The highest BCUT2D eigenvalue weighted by molar-refractivity contribution is 6.00. The van der Waals surface area contributed by atoms with E-state index in [9.17, 15) is 0 Å². The van der Waals surface area contributed by atoms with Gasteiger partial charge in [0.1, 0.15) is 0 Å². The molecule has 0 heterocycles. The fourth-order valence-electron chi connectivity index (χ4n) is 8.57. The fraction of sp³-hybridized carbons (Fsp3) is 0.0690. The average Bonchev–Trinajstić information content (AvgIpc) is 3.32. The number of hydrogen-bond donors (Lipinski definition) is 0. The summed E-state index contributed by atoms with van der Waals surface area (Å²) >= 11 is 0. The molecule has 284 valence electrons. The van der Waals surface area contributed by atoms with Gasteiger partial charge in [0.25, 0.3) is 0 Å². The first-order chi connectivity index (χ1) is 29.2. The van der Waals surface area contributed by atoms with Crippen LogP contribution in [0, 0.1) is 0 Å². The van der Waals surface area contributed by atoms with Crippen molar-refractivity contribution in [3.8, 4) is 66.8 Å². The van der Waals surface area contributed by atoms with Gasteiger partial charge in [-0.2, -0.15) is 0 Å². The van der Waals surface area contributed by atoms with Gasteiger partial charge in [0.05, 0.1) is 0 Å². The second kappa shape index (κ2) is 17.1. The maximum Gasteiger partial charge on any atom is 0.0467 e. The minimum atomic E-state index is 0.929. The van der Waals surface area contributed by atoms with Crippen molar-refractivity contribution in [1.82, 2.24) is 0 Å². The largest absolute Gasteiger partial charge is 0.310 e. The van der Waals surface area contributed by atoms with Crippen molar-refractivity contribution in [2.45, 2.75) is 26.7 Å². The summed E-state index contributed by atoms with van der Waals surface area (Å²) in [6, 6.07) is 81.8. The Hall–Kier alpha value is -7.22. The highest BCUT2D eigenvalue weighted by Crippen LogP contribution is 2.46. The van der Waals surface area contributed by atoms with Crippen LogP contribution in [0.1, 0.15) is 25.0 Å². The lowest BCUT2D eigenvalue weighted by Gasteiger charge is -2.28. The van der Waals surface area contributed by atoms with E-state index in [4.69, 9.17) is 0 Å². The molecule has 9 aromatic carbocycles. The highest BCUT2D eigenvalue weighted by Gasteiger charge is 2.20. The number of hydrogen-bond acceptors (Lipinski definition) is 1. The minimum absolute atomic E-state index is 0.929. The van der Waals surface area contributed by atoms with E-state index in [0.29, 0.717) is 0 Å². The number of nitrogens with zero attached hydrogens (tertiary/aromatic N) is 1. The zero-order valence-electron chi connectivity index (χ0n) is 33.7. The molecule has 0 atom stereocenters. The molecule has 0 amide bonds.